The molecule has 0 spiro atoms. The summed E-state index contributed by atoms with van der Waals surface area (Å²) in [5, 5.41) is 10.0. The summed E-state index contributed by atoms with van der Waals surface area (Å²) in [6.45, 7) is 3.63. The van der Waals surface area contributed by atoms with Crippen LogP contribution in [0.4, 0.5) is 0 Å². The quantitative estimate of drug-likeness (QED) is 0.253. The molecule has 0 amide bonds. The van der Waals surface area contributed by atoms with Gasteiger partial charge in [-0.05, 0) is 93.7 Å². The van der Waals surface area contributed by atoms with Gasteiger partial charge in [-0.15, -0.1) is 0 Å². The Bertz CT molecular complexity index is 1760. The normalized spacial score (nSPS) is 15.4. The minimum absolute atomic E-state index is 0.0673. The summed E-state index contributed by atoms with van der Waals surface area (Å²) >= 11 is 11.3. The molecular formula is C27H19Br3N2O5S. The van der Waals surface area contributed by atoms with Gasteiger partial charge in [0, 0.05) is 10.0 Å². The fraction of sp³-hybridized carbons (Fsp3) is 0.148. The number of thiazole rings is 1. The van der Waals surface area contributed by atoms with Gasteiger partial charge in [0.05, 0.1) is 31.4 Å². The number of allylic oxidation sites excluding steroid dienone is 1. The number of fused-ring (bicyclic) bond motifs is 1. The van der Waals surface area contributed by atoms with Gasteiger partial charge in [0.2, 0.25) is 0 Å². The molecule has 4 aromatic rings. The van der Waals surface area contributed by atoms with Gasteiger partial charge in [-0.2, -0.15) is 0 Å². The zero-order valence-corrected chi connectivity index (χ0v) is 25.6. The summed E-state index contributed by atoms with van der Waals surface area (Å²) in [5.41, 5.74) is 1.93. The number of phenolic OH excluding ortho intramolecular Hbond substituents is 1. The Morgan fingerprint density at radius 2 is 1.84 bits per heavy atom. The lowest BCUT2D eigenvalue weighted by atomic mass is 10.0. The van der Waals surface area contributed by atoms with E-state index in [-0.39, 0.29) is 23.5 Å². The average molecular weight is 723 g/mol. The van der Waals surface area contributed by atoms with Crippen LogP contribution in [-0.2, 0) is 9.53 Å². The number of aromatic nitrogens is 1. The third-order valence-corrected chi connectivity index (χ3v) is 8.60. The predicted molar refractivity (Wildman–Crippen MR) is 156 cm³/mol. The highest BCUT2D eigenvalue weighted by atomic mass is 79.9. The molecule has 5 rings (SSSR count). The number of esters is 1. The number of rotatable bonds is 5. The van der Waals surface area contributed by atoms with Crippen molar-refractivity contribution in [2.24, 2.45) is 4.99 Å². The molecular weight excluding hydrogens is 704 g/mol. The fourth-order valence-corrected chi connectivity index (χ4v) is 6.68. The molecule has 0 radical (unpaired) electrons. The van der Waals surface area contributed by atoms with E-state index in [2.05, 4.69) is 52.8 Å². The molecule has 11 heteroatoms. The molecule has 1 N–H and O–H groups in total. The van der Waals surface area contributed by atoms with Gasteiger partial charge in [-0.1, -0.05) is 39.4 Å². The average Bonchev–Trinajstić information content (AvgIpc) is 3.47. The topological polar surface area (TPSA) is 94.0 Å². The monoisotopic (exact) mass is 720 g/mol. The van der Waals surface area contributed by atoms with E-state index in [1.807, 2.05) is 30.3 Å². The Morgan fingerprint density at radius 3 is 2.50 bits per heavy atom. The van der Waals surface area contributed by atoms with E-state index < -0.39 is 12.0 Å². The highest BCUT2D eigenvalue weighted by molar-refractivity contribution is 9.11. The van der Waals surface area contributed by atoms with Crippen LogP contribution in [0.1, 0.15) is 31.2 Å². The van der Waals surface area contributed by atoms with Crippen molar-refractivity contribution in [1.82, 2.24) is 4.57 Å². The number of carbonyl (C=O) groups is 1. The number of aromatic hydroxyl groups is 1. The van der Waals surface area contributed by atoms with Crippen LogP contribution in [0.5, 0.6) is 5.75 Å². The molecule has 1 aliphatic heterocycles. The number of ether oxygens (including phenoxy) is 1. The van der Waals surface area contributed by atoms with Gasteiger partial charge in [-0.3, -0.25) is 9.36 Å². The van der Waals surface area contributed by atoms with Crippen LogP contribution in [0.25, 0.3) is 17.4 Å². The molecule has 1 aliphatic rings. The molecule has 0 saturated carbocycles. The second-order valence-corrected chi connectivity index (χ2v) is 12.0. The standard InChI is InChI=1S/C27H19Br3N2O5S/c1-3-36-26(35)22-13(2)31-27-32(23(22)20-9-8-19(37-20)15-4-6-16(28)7-5-15)25(34)21(38-27)12-14-10-17(29)24(33)18(30)11-14/h4-12,23,33H,3H2,1-2H3/b21-12-/t23-/m1/s1. The first-order valence-corrected chi connectivity index (χ1v) is 14.6. The van der Waals surface area contributed by atoms with E-state index in [0.717, 1.165) is 10.0 Å². The maximum atomic E-state index is 13.8. The summed E-state index contributed by atoms with van der Waals surface area (Å²) < 4.78 is 15.4. The summed E-state index contributed by atoms with van der Waals surface area (Å²) in [7, 11) is 0. The SMILES string of the molecule is CCOC(=O)C1=C(C)N=c2s/c(=C\c3cc(Br)c(O)c(Br)c3)c(=O)n2[C@@H]1c1ccc(-c2ccc(Br)cc2)o1. The number of benzene rings is 2. The van der Waals surface area contributed by atoms with Crippen molar-refractivity contribution in [3.8, 4) is 17.1 Å². The van der Waals surface area contributed by atoms with E-state index in [0.29, 0.717) is 41.1 Å². The lowest BCUT2D eigenvalue weighted by molar-refractivity contribution is -0.139. The van der Waals surface area contributed by atoms with Crippen molar-refractivity contribution in [3.05, 3.63) is 104 Å². The first-order chi connectivity index (χ1) is 18.2. The molecule has 38 heavy (non-hydrogen) atoms. The second-order valence-electron chi connectivity index (χ2n) is 8.34. The highest BCUT2D eigenvalue weighted by Crippen LogP contribution is 2.35. The van der Waals surface area contributed by atoms with E-state index >= 15 is 0 Å². The third-order valence-electron chi connectivity index (χ3n) is 5.88. The van der Waals surface area contributed by atoms with Crippen molar-refractivity contribution in [1.29, 1.82) is 0 Å². The zero-order valence-electron chi connectivity index (χ0n) is 20.0. The highest BCUT2D eigenvalue weighted by Gasteiger charge is 2.35. The van der Waals surface area contributed by atoms with Gasteiger partial charge < -0.3 is 14.3 Å². The number of furan rings is 1. The Balaban J connectivity index is 1.69. The van der Waals surface area contributed by atoms with E-state index in [4.69, 9.17) is 9.15 Å². The Hall–Kier alpha value is -2.73. The molecule has 0 fully saturated rings. The number of phenols is 1. The maximum Gasteiger partial charge on any atom is 0.338 e. The van der Waals surface area contributed by atoms with Gasteiger partial charge in [0.1, 0.15) is 23.3 Å². The molecule has 0 aliphatic carbocycles. The zero-order chi connectivity index (χ0) is 27.1. The van der Waals surface area contributed by atoms with Crippen molar-refractivity contribution in [2.45, 2.75) is 19.9 Å². The van der Waals surface area contributed by atoms with Crippen LogP contribution in [0, 0.1) is 0 Å². The van der Waals surface area contributed by atoms with Gasteiger partial charge >= 0.3 is 5.97 Å². The van der Waals surface area contributed by atoms with E-state index in [1.54, 1.807) is 38.1 Å². The molecule has 3 heterocycles. The molecule has 0 saturated heterocycles. The fourth-order valence-electron chi connectivity index (χ4n) is 4.15. The molecule has 194 valence electrons. The smallest absolute Gasteiger partial charge is 0.338 e. The number of halogens is 3. The number of carbonyl (C=O) groups excluding carboxylic acids is 1. The lowest BCUT2D eigenvalue weighted by Gasteiger charge is -2.22. The minimum Gasteiger partial charge on any atom is -0.506 e. The van der Waals surface area contributed by atoms with Crippen LogP contribution in [0.2, 0.25) is 0 Å². The van der Waals surface area contributed by atoms with Crippen LogP contribution >= 0.6 is 59.1 Å². The molecule has 1 atom stereocenters. The van der Waals surface area contributed by atoms with Gasteiger partial charge in [0.15, 0.2) is 4.80 Å². The molecule has 7 nitrogen and oxygen atoms in total. The van der Waals surface area contributed by atoms with Crippen LogP contribution in [-0.4, -0.2) is 22.2 Å². The maximum absolute atomic E-state index is 13.8. The molecule has 2 aromatic heterocycles. The largest absolute Gasteiger partial charge is 0.506 e. The second kappa shape index (κ2) is 10.8. The summed E-state index contributed by atoms with van der Waals surface area (Å²) in [6, 6.07) is 13.8. The molecule has 0 bridgehead atoms. The van der Waals surface area contributed by atoms with Crippen LogP contribution in [0.3, 0.4) is 0 Å². The van der Waals surface area contributed by atoms with Crippen molar-refractivity contribution >= 4 is 71.2 Å². The first-order valence-electron chi connectivity index (χ1n) is 11.4. The third kappa shape index (κ3) is 5.00. The van der Waals surface area contributed by atoms with Crippen molar-refractivity contribution in [2.75, 3.05) is 6.61 Å². The lowest BCUT2D eigenvalue weighted by Crippen LogP contribution is -2.39. The van der Waals surface area contributed by atoms with Crippen molar-refractivity contribution < 1.29 is 19.1 Å². The predicted octanol–water partition coefficient (Wildman–Crippen LogP) is 6.05. The minimum atomic E-state index is -0.852. The van der Waals surface area contributed by atoms with E-state index in [1.165, 1.54) is 15.9 Å². The number of hydrogen-bond donors (Lipinski definition) is 1. The number of nitrogens with zero attached hydrogens (tertiary/aromatic N) is 2. The molecule has 2 aromatic carbocycles. The van der Waals surface area contributed by atoms with Crippen LogP contribution < -0.4 is 14.9 Å². The van der Waals surface area contributed by atoms with Crippen molar-refractivity contribution in [3.63, 3.8) is 0 Å². The van der Waals surface area contributed by atoms with E-state index in [9.17, 15) is 14.7 Å². The summed E-state index contributed by atoms with van der Waals surface area (Å²) in [5.74, 6) is 0.535. The Labute approximate surface area is 246 Å². The summed E-state index contributed by atoms with van der Waals surface area (Å²) in [6.07, 6.45) is 1.72. The first kappa shape index (κ1) is 26.9. The Morgan fingerprint density at radius 1 is 1.16 bits per heavy atom. The summed E-state index contributed by atoms with van der Waals surface area (Å²) in [4.78, 5) is 31.9. The number of hydrogen-bond acceptors (Lipinski definition) is 7. The molecule has 0 unspecified atom stereocenters. The van der Waals surface area contributed by atoms with Crippen LogP contribution in [0.15, 0.2) is 87.4 Å². The van der Waals surface area contributed by atoms with Gasteiger partial charge in [0.25, 0.3) is 5.56 Å². The van der Waals surface area contributed by atoms with Gasteiger partial charge in [-0.25, -0.2) is 9.79 Å². The Kier molecular flexibility index (Phi) is 7.63.